The molecule has 0 aliphatic heterocycles. The van der Waals surface area contributed by atoms with Crippen LogP contribution in [0.25, 0.3) is 0 Å². The van der Waals surface area contributed by atoms with Crippen LogP contribution in [-0.4, -0.2) is 30.0 Å². The van der Waals surface area contributed by atoms with Gasteiger partial charge in [0.05, 0.1) is 12.6 Å². The van der Waals surface area contributed by atoms with E-state index in [0.29, 0.717) is 0 Å². The highest BCUT2D eigenvalue weighted by atomic mass is 16.6. The van der Waals surface area contributed by atoms with Gasteiger partial charge in [-0.05, 0) is 32.6 Å². The zero-order chi connectivity index (χ0) is 9.68. The molecule has 13 heavy (non-hydrogen) atoms. The Labute approximate surface area is 78.3 Å². The molecule has 1 atom stereocenters. The SMILES string of the molecule is C[C@@H](CO)NC(=O)OC1CCCC1. The van der Waals surface area contributed by atoms with Crippen LogP contribution in [0, 0.1) is 0 Å². The maximum absolute atomic E-state index is 11.1. The normalized spacial score (nSPS) is 19.8. The number of amides is 1. The van der Waals surface area contributed by atoms with Crippen molar-refractivity contribution in [1.82, 2.24) is 5.32 Å². The molecule has 2 N–H and O–H groups in total. The van der Waals surface area contributed by atoms with Crippen LogP contribution in [0.3, 0.4) is 0 Å². The van der Waals surface area contributed by atoms with Gasteiger partial charge in [-0.3, -0.25) is 0 Å². The number of carbonyl (C=O) groups is 1. The summed E-state index contributed by atoms with van der Waals surface area (Å²) >= 11 is 0. The first-order valence-electron chi connectivity index (χ1n) is 4.80. The smallest absolute Gasteiger partial charge is 0.407 e. The average Bonchev–Trinajstić information content (AvgIpc) is 2.56. The molecule has 0 bridgehead atoms. The number of hydrogen-bond donors (Lipinski definition) is 2. The van der Waals surface area contributed by atoms with Crippen LogP contribution in [-0.2, 0) is 4.74 Å². The van der Waals surface area contributed by atoms with Crippen molar-refractivity contribution in [2.45, 2.75) is 44.8 Å². The van der Waals surface area contributed by atoms with Gasteiger partial charge in [-0.1, -0.05) is 0 Å². The highest BCUT2D eigenvalue weighted by molar-refractivity contribution is 5.67. The molecule has 0 aromatic rings. The predicted molar refractivity (Wildman–Crippen MR) is 48.4 cm³/mol. The quantitative estimate of drug-likeness (QED) is 0.694. The molecular formula is C9H17NO3. The molecule has 0 saturated heterocycles. The van der Waals surface area contributed by atoms with Gasteiger partial charge in [0, 0.05) is 0 Å². The summed E-state index contributed by atoms with van der Waals surface area (Å²) in [6.45, 7) is 1.68. The van der Waals surface area contributed by atoms with Gasteiger partial charge in [-0.2, -0.15) is 0 Å². The van der Waals surface area contributed by atoms with Gasteiger partial charge >= 0.3 is 6.09 Å². The molecule has 4 nitrogen and oxygen atoms in total. The molecule has 0 unspecified atom stereocenters. The van der Waals surface area contributed by atoms with E-state index in [0.717, 1.165) is 25.7 Å². The Kier molecular flexibility index (Phi) is 4.02. The van der Waals surface area contributed by atoms with E-state index in [4.69, 9.17) is 9.84 Å². The summed E-state index contributed by atoms with van der Waals surface area (Å²) in [7, 11) is 0. The van der Waals surface area contributed by atoms with Crippen molar-refractivity contribution in [3.05, 3.63) is 0 Å². The third-order valence-corrected chi connectivity index (χ3v) is 2.21. The number of nitrogens with one attached hydrogen (secondary N) is 1. The van der Waals surface area contributed by atoms with E-state index in [9.17, 15) is 4.79 Å². The number of aliphatic hydroxyl groups is 1. The first-order chi connectivity index (χ1) is 6.22. The van der Waals surface area contributed by atoms with Gasteiger partial charge in [-0.15, -0.1) is 0 Å². The number of carbonyl (C=O) groups excluding carboxylic acids is 1. The molecule has 1 aliphatic carbocycles. The fourth-order valence-electron chi connectivity index (χ4n) is 1.44. The van der Waals surface area contributed by atoms with Crippen molar-refractivity contribution in [2.24, 2.45) is 0 Å². The van der Waals surface area contributed by atoms with Crippen LogP contribution in [0.4, 0.5) is 4.79 Å². The van der Waals surface area contributed by atoms with Gasteiger partial charge < -0.3 is 15.2 Å². The highest BCUT2D eigenvalue weighted by Crippen LogP contribution is 2.20. The standard InChI is InChI=1S/C9H17NO3/c1-7(6-11)10-9(12)13-8-4-2-3-5-8/h7-8,11H,2-6H2,1H3,(H,10,12)/t7-/m0/s1. The Morgan fingerprint density at radius 3 is 2.77 bits per heavy atom. The van der Waals surface area contributed by atoms with E-state index in [1.165, 1.54) is 0 Å². The molecule has 0 aromatic heterocycles. The van der Waals surface area contributed by atoms with Gasteiger partial charge in [0.15, 0.2) is 0 Å². The van der Waals surface area contributed by atoms with Crippen LogP contribution >= 0.6 is 0 Å². The molecule has 0 spiro atoms. The lowest BCUT2D eigenvalue weighted by molar-refractivity contribution is 0.0950. The molecule has 4 heteroatoms. The fraction of sp³-hybridized carbons (Fsp3) is 0.889. The number of rotatable bonds is 3. The molecule has 0 aromatic carbocycles. The second kappa shape index (κ2) is 5.07. The minimum absolute atomic E-state index is 0.0558. The van der Waals surface area contributed by atoms with Crippen molar-refractivity contribution in [3.63, 3.8) is 0 Å². The third kappa shape index (κ3) is 3.63. The number of hydrogen-bond acceptors (Lipinski definition) is 3. The highest BCUT2D eigenvalue weighted by Gasteiger charge is 2.19. The molecular weight excluding hydrogens is 170 g/mol. The lowest BCUT2D eigenvalue weighted by atomic mass is 10.3. The largest absolute Gasteiger partial charge is 0.446 e. The molecule has 1 amide bonds. The minimum atomic E-state index is -0.409. The first kappa shape index (κ1) is 10.3. The Bertz CT molecular complexity index is 166. The summed E-state index contributed by atoms with van der Waals surface area (Å²) in [5.41, 5.74) is 0. The number of aliphatic hydroxyl groups excluding tert-OH is 1. The van der Waals surface area contributed by atoms with E-state index in [1.54, 1.807) is 6.92 Å². The Morgan fingerprint density at radius 2 is 2.23 bits per heavy atom. The second-order valence-corrected chi connectivity index (χ2v) is 3.54. The van der Waals surface area contributed by atoms with Gasteiger partial charge in [0.1, 0.15) is 6.10 Å². The maximum Gasteiger partial charge on any atom is 0.407 e. The summed E-state index contributed by atoms with van der Waals surface area (Å²) in [5, 5.41) is 11.2. The minimum Gasteiger partial charge on any atom is -0.446 e. The Hall–Kier alpha value is -0.770. The van der Waals surface area contributed by atoms with E-state index >= 15 is 0 Å². The lowest BCUT2D eigenvalue weighted by Gasteiger charge is -2.14. The van der Waals surface area contributed by atoms with E-state index in [2.05, 4.69) is 5.32 Å². The molecule has 1 saturated carbocycles. The molecule has 1 aliphatic rings. The summed E-state index contributed by atoms with van der Waals surface area (Å²) in [6.07, 6.45) is 3.92. The van der Waals surface area contributed by atoms with E-state index in [-0.39, 0.29) is 18.8 Å². The number of ether oxygens (including phenoxy) is 1. The topological polar surface area (TPSA) is 58.6 Å². The molecule has 1 rings (SSSR count). The van der Waals surface area contributed by atoms with Crippen LogP contribution < -0.4 is 5.32 Å². The molecule has 0 heterocycles. The van der Waals surface area contributed by atoms with Crippen molar-refractivity contribution < 1.29 is 14.6 Å². The van der Waals surface area contributed by atoms with E-state index in [1.807, 2.05) is 0 Å². The average molecular weight is 187 g/mol. The van der Waals surface area contributed by atoms with E-state index < -0.39 is 6.09 Å². The van der Waals surface area contributed by atoms with Crippen molar-refractivity contribution in [1.29, 1.82) is 0 Å². The fourth-order valence-corrected chi connectivity index (χ4v) is 1.44. The maximum atomic E-state index is 11.1. The molecule has 0 radical (unpaired) electrons. The summed E-state index contributed by atoms with van der Waals surface area (Å²) in [4.78, 5) is 11.1. The summed E-state index contributed by atoms with van der Waals surface area (Å²) in [5.74, 6) is 0. The van der Waals surface area contributed by atoms with Gasteiger partial charge in [-0.25, -0.2) is 4.79 Å². The monoisotopic (exact) mass is 187 g/mol. The van der Waals surface area contributed by atoms with Crippen LogP contribution in [0.1, 0.15) is 32.6 Å². The zero-order valence-electron chi connectivity index (χ0n) is 7.95. The van der Waals surface area contributed by atoms with Crippen LogP contribution in [0.15, 0.2) is 0 Å². The summed E-state index contributed by atoms with van der Waals surface area (Å²) in [6, 6.07) is -0.228. The number of alkyl carbamates (subject to hydrolysis) is 1. The molecule has 76 valence electrons. The van der Waals surface area contributed by atoms with Crippen LogP contribution in [0.5, 0.6) is 0 Å². The molecule has 1 fully saturated rings. The van der Waals surface area contributed by atoms with Crippen molar-refractivity contribution in [3.8, 4) is 0 Å². The zero-order valence-corrected chi connectivity index (χ0v) is 7.95. The first-order valence-corrected chi connectivity index (χ1v) is 4.80. The third-order valence-electron chi connectivity index (χ3n) is 2.21. The van der Waals surface area contributed by atoms with Crippen LogP contribution in [0.2, 0.25) is 0 Å². The Morgan fingerprint density at radius 1 is 1.62 bits per heavy atom. The van der Waals surface area contributed by atoms with Crippen molar-refractivity contribution >= 4 is 6.09 Å². The van der Waals surface area contributed by atoms with Gasteiger partial charge in [0.2, 0.25) is 0 Å². The Balaban J connectivity index is 2.16. The summed E-state index contributed by atoms with van der Waals surface area (Å²) < 4.78 is 5.12. The lowest BCUT2D eigenvalue weighted by Crippen LogP contribution is -2.37. The second-order valence-electron chi connectivity index (χ2n) is 3.54. The van der Waals surface area contributed by atoms with Gasteiger partial charge in [0.25, 0.3) is 0 Å². The predicted octanol–water partition coefficient (Wildman–Crippen LogP) is 1.04. The van der Waals surface area contributed by atoms with Crippen molar-refractivity contribution in [2.75, 3.05) is 6.61 Å².